The Morgan fingerprint density at radius 3 is 2.66 bits per heavy atom. The summed E-state index contributed by atoms with van der Waals surface area (Å²) in [5, 5.41) is 7.44. The molecular weight excluding hydrogens is 367 g/mol. The molecule has 2 amide bonds. The fourth-order valence-corrected chi connectivity index (χ4v) is 3.77. The maximum atomic E-state index is 13.0. The molecule has 5 nitrogen and oxygen atoms in total. The molecule has 1 aromatic heterocycles. The van der Waals surface area contributed by atoms with Crippen LogP contribution in [-0.4, -0.2) is 33.8 Å². The van der Waals surface area contributed by atoms with Crippen molar-refractivity contribution in [1.82, 2.24) is 20.0 Å². The first-order valence-corrected chi connectivity index (χ1v) is 9.97. The van der Waals surface area contributed by atoms with Crippen LogP contribution in [0.5, 0.6) is 0 Å². The predicted molar refractivity (Wildman–Crippen MR) is 110 cm³/mol. The molecule has 0 bridgehead atoms. The Labute approximate surface area is 170 Å². The van der Waals surface area contributed by atoms with Crippen molar-refractivity contribution in [2.75, 3.05) is 13.1 Å². The number of hydrogen-bond donors (Lipinski definition) is 1. The highest BCUT2D eigenvalue weighted by molar-refractivity contribution is 5.74. The molecule has 2 heterocycles. The lowest BCUT2D eigenvalue weighted by Crippen LogP contribution is -2.43. The van der Waals surface area contributed by atoms with Crippen molar-refractivity contribution in [3.8, 4) is 5.69 Å². The monoisotopic (exact) mass is 392 g/mol. The van der Waals surface area contributed by atoms with E-state index in [1.54, 1.807) is 12.1 Å². The second-order valence-corrected chi connectivity index (χ2v) is 7.60. The zero-order valence-electron chi connectivity index (χ0n) is 16.5. The van der Waals surface area contributed by atoms with Gasteiger partial charge in [-0.15, -0.1) is 0 Å². The van der Waals surface area contributed by atoms with Gasteiger partial charge in [-0.3, -0.25) is 0 Å². The first-order chi connectivity index (χ1) is 14.1. The summed E-state index contributed by atoms with van der Waals surface area (Å²) in [6.45, 7) is 3.91. The smallest absolute Gasteiger partial charge is 0.317 e. The number of nitrogens with zero attached hydrogens (tertiary/aromatic N) is 3. The van der Waals surface area contributed by atoms with Crippen molar-refractivity contribution in [2.45, 2.75) is 32.2 Å². The Hall–Kier alpha value is -3.15. The lowest BCUT2D eigenvalue weighted by atomic mass is 9.92. The molecular formula is C23H25FN4O. The van der Waals surface area contributed by atoms with E-state index in [1.807, 2.05) is 21.8 Å². The Morgan fingerprint density at radius 1 is 1.17 bits per heavy atom. The Kier molecular flexibility index (Phi) is 5.60. The molecule has 3 aromatic rings. The average molecular weight is 392 g/mol. The van der Waals surface area contributed by atoms with E-state index in [-0.39, 0.29) is 11.8 Å². The first kappa shape index (κ1) is 19.2. The van der Waals surface area contributed by atoms with Gasteiger partial charge in [0.2, 0.25) is 0 Å². The summed E-state index contributed by atoms with van der Waals surface area (Å²) >= 11 is 0. The van der Waals surface area contributed by atoms with Crippen LogP contribution in [0.2, 0.25) is 0 Å². The Morgan fingerprint density at radius 2 is 1.93 bits per heavy atom. The number of likely N-dealkylation sites (tertiary alicyclic amines) is 1. The molecule has 0 saturated carbocycles. The van der Waals surface area contributed by atoms with Gasteiger partial charge < -0.3 is 10.2 Å². The summed E-state index contributed by atoms with van der Waals surface area (Å²) < 4.78 is 14.9. The van der Waals surface area contributed by atoms with E-state index in [2.05, 4.69) is 41.7 Å². The van der Waals surface area contributed by atoms with Gasteiger partial charge in [-0.2, -0.15) is 5.10 Å². The highest BCUT2D eigenvalue weighted by atomic mass is 19.1. The topological polar surface area (TPSA) is 50.2 Å². The van der Waals surface area contributed by atoms with Gasteiger partial charge in [0.05, 0.1) is 11.9 Å². The Balaban J connectivity index is 1.30. The summed E-state index contributed by atoms with van der Waals surface area (Å²) in [7, 11) is 0. The van der Waals surface area contributed by atoms with E-state index >= 15 is 0 Å². The van der Waals surface area contributed by atoms with Crippen molar-refractivity contribution in [1.29, 1.82) is 0 Å². The van der Waals surface area contributed by atoms with Crippen LogP contribution in [0.4, 0.5) is 9.18 Å². The number of hydrogen-bond acceptors (Lipinski definition) is 2. The quantitative estimate of drug-likeness (QED) is 0.715. The fraction of sp³-hybridized carbons (Fsp3) is 0.304. The molecule has 150 valence electrons. The highest BCUT2D eigenvalue weighted by Crippen LogP contribution is 2.28. The van der Waals surface area contributed by atoms with E-state index in [0.717, 1.165) is 37.2 Å². The zero-order valence-corrected chi connectivity index (χ0v) is 16.5. The summed E-state index contributed by atoms with van der Waals surface area (Å²) in [6.07, 6.45) is 5.88. The van der Waals surface area contributed by atoms with Crippen LogP contribution in [-0.2, 0) is 6.54 Å². The van der Waals surface area contributed by atoms with Gasteiger partial charge in [-0.1, -0.05) is 24.3 Å². The number of carbonyl (C=O) groups excluding carboxylic acids is 1. The zero-order chi connectivity index (χ0) is 20.2. The number of halogens is 1. The number of nitrogens with one attached hydrogen (secondary N) is 1. The number of aryl methyl sites for hydroxylation is 1. The van der Waals surface area contributed by atoms with Gasteiger partial charge >= 0.3 is 6.03 Å². The third-order valence-electron chi connectivity index (χ3n) is 5.48. The van der Waals surface area contributed by atoms with Gasteiger partial charge in [0.1, 0.15) is 5.82 Å². The second-order valence-electron chi connectivity index (χ2n) is 7.60. The van der Waals surface area contributed by atoms with Crippen LogP contribution in [0.1, 0.15) is 35.4 Å². The number of benzene rings is 2. The van der Waals surface area contributed by atoms with Crippen LogP contribution in [0.15, 0.2) is 60.9 Å². The standard InChI is InChI=1S/C23H25FN4O/c1-17-3-2-4-22(13-17)28-16-20(15-26-28)19-9-11-27(12-10-19)23(29)25-14-18-5-7-21(24)8-6-18/h2-8,13,15-16,19H,9-12,14H2,1H3,(H,25,29). The summed E-state index contributed by atoms with van der Waals surface area (Å²) in [6, 6.07) is 14.4. The number of aromatic nitrogens is 2. The predicted octanol–water partition coefficient (Wildman–Crippen LogP) is 4.41. The van der Waals surface area contributed by atoms with Gasteiger partial charge in [-0.05, 0) is 66.6 Å². The van der Waals surface area contributed by atoms with Crippen molar-refractivity contribution in [3.05, 3.63) is 83.4 Å². The molecule has 0 atom stereocenters. The maximum Gasteiger partial charge on any atom is 0.317 e. The third-order valence-corrected chi connectivity index (χ3v) is 5.48. The summed E-state index contributed by atoms with van der Waals surface area (Å²) in [5.74, 6) is 0.141. The van der Waals surface area contributed by atoms with E-state index < -0.39 is 0 Å². The number of rotatable bonds is 4. The van der Waals surface area contributed by atoms with Crippen LogP contribution in [0, 0.1) is 12.7 Å². The number of urea groups is 1. The molecule has 0 radical (unpaired) electrons. The molecule has 6 heteroatoms. The number of carbonyl (C=O) groups is 1. The van der Waals surface area contributed by atoms with Gasteiger partial charge in [-0.25, -0.2) is 13.9 Å². The van der Waals surface area contributed by atoms with Crippen molar-refractivity contribution >= 4 is 6.03 Å². The summed E-state index contributed by atoms with van der Waals surface area (Å²) in [4.78, 5) is 14.3. The van der Waals surface area contributed by atoms with Gasteiger partial charge in [0.25, 0.3) is 0 Å². The van der Waals surface area contributed by atoms with Crippen molar-refractivity contribution in [3.63, 3.8) is 0 Å². The van der Waals surface area contributed by atoms with E-state index in [1.165, 1.54) is 23.3 Å². The number of piperidine rings is 1. The van der Waals surface area contributed by atoms with E-state index in [0.29, 0.717) is 12.5 Å². The minimum atomic E-state index is -0.270. The molecule has 29 heavy (non-hydrogen) atoms. The second kappa shape index (κ2) is 8.47. The first-order valence-electron chi connectivity index (χ1n) is 9.97. The Bertz CT molecular complexity index is 975. The van der Waals surface area contributed by atoms with Crippen LogP contribution in [0.3, 0.4) is 0 Å². The van der Waals surface area contributed by atoms with E-state index in [9.17, 15) is 9.18 Å². The molecule has 1 N–H and O–H groups in total. The highest BCUT2D eigenvalue weighted by Gasteiger charge is 2.24. The minimum absolute atomic E-state index is 0.0665. The molecule has 1 aliphatic rings. The van der Waals surface area contributed by atoms with Crippen LogP contribution >= 0.6 is 0 Å². The lowest BCUT2D eigenvalue weighted by molar-refractivity contribution is 0.181. The molecule has 1 saturated heterocycles. The third kappa shape index (κ3) is 4.65. The molecule has 2 aromatic carbocycles. The molecule has 0 aliphatic carbocycles. The molecule has 0 unspecified atom stereocenters. The SMILES string of the molecule is Cc1cccc(-n2cc(C3CCN(C(=O)NCc4ccc(F)cc4)CC3)cn2)c1. The maximum absolute atomic E-state index is 13.0. The fourth-order valence-electron chi connectivity index (χ4n) is 3.77. The minimum Gasteiger partial charge on any atom is -0.334 e. The molecule has 4 rings (SSSR count). The van der Waals surface area contributed by atoms with Gasteiger partial charge in [0.15, 0.2) is 0 Å². The largest absolute Gasteiger partial charge is 0.334 e. The van der Waals surface area contributed by atoms with Crippen molar-refractivity contribution < 1.29 is 9.18 Å². The lowest BCUT2D eigenvalue weighted by Gasteiger charge is -2.31. The number of amides is 2. The molecule has 1 fully saturated rings. The van der Waals surface area contributed by atoms with Gasteiger partial charge in [0, 0.05) is 25.8 Å². The van der Waals surface area contributed by atoms with Crippen LogP contribution < -0.4 is 5.32 Å². The normalized spacial score (nSPS) is 14.8. The van der Waals surface area contributed by atoms with Crippen molar-refractivity contribution in [2.24, 2.45) is 0 Å². The molecule has 0 spiro atoms. The summed E-state index contributed by atoms with van der Waals surface area (Å²) in [5.41, 5.74) is 4.38. The van der Waals surface area contributed by atoms with E-state index in [4.69, 9.17) is 0 Å². The molecule has 1 aliphatic heterocycles. The van der Waals surface area contributed by atoms with Crippen LogP contribution in [0.25, 0.3) is 5.69 Å². The average Bonchev–Trinajstić information content (AvgIpc) is 3.24.